The van der Waals surface area contributed by atoms with E-state index < -0.39 is 0 Å². The van der Waals surface area contributed by atoms with Crippen LogP contribution in [0.15, 0.2) is 47.5 Å². The second kappa shape index (κ2) is 7.82. The van der Waals surface area contributed by atoms with Crippen molar-refractivity contribution in [3.63, 3.8) is 0 Å². The van der Waals surface area contributed by atoms with Gasteiger partial charge >= 0.3 is 0 Å². The van der Waals surface area contributed by atoms with Crippen LogP contribution < -0.4 is 16.0 Å². The lowest BCUT2D eigenvalue weighted by Gasteiger charge is -2.26. The molecule has 140 valence electrons. The van der Waals surface area contributed by atoms with Crippen LogP contribution in [0, 0.1) is 0 Å². The quantitative estimate of drug-likeness (QED) is 0.579. The van der Waals surface area contributed by atoms with Gasteiger partial charge < -0.3 is 16.0 Å². The Hall–Kier alpha value is -2.82. The van der Waals surface area contributed by atoms with E-state index in [1.165, 1.54) is 41.5 Å². The molecule has 27 heavy (non-hydrogen) atoms. The van der Waals surface area contributed by atoms with Crippen LogP contribution in [0.25, 0.3) is 0 Å². The van der Waals surface area contributed by atoms with Crippen molar-refractivity contribution in [3.8, 4) is 0 Å². The molecule has 2 aromatic carbocycles. The third kappa shape index (κ3) is 3.97. The van der Waals surface area contributed by atoms with Crippen LogP contribution in [0.1, 0.15) is 41.0 Å². The maximum Gasteiger partial charge on any atom is 0.225 e. The fourth-order valence-corrected chi connectivity index (χ4v) is 4.05. The number of carbonyl (C=O) groups is 1. The Morgan fingerprint density at radius 3 is 2.89 bits per heavy atom. The van der Waals surface area contributed by atoms with Gasteiger partial charge in [-0.2, -0.15) is 0 Å². The van der Waals surface area contributed by atoms with E-state index in [4.69, 9.17) is 0 Å². The second-order valence-electron chi connectivity index (χ2n) is 7.30. The van der Waals surface area contributed by atoms with Crippen molar-refractivity contribution in [2.24, 2.45) is 4.99 Å². The highest BCUT2D eigenvalue weighted by Crippen LogP contribution is 2.31. The molecule has 0 bridgehead atoms. The first-order chi connectivity index (χ1) is 13.2. The van der Waals surface area contributed by atoms with Gasteiger partial charge in [0.2, 0.25) is 5.91 Å². The molecule has 0 radical (unpaired) electrons. The SMILES string of the molecule is CN=C(NCc1ccc2c(c1)CCC2)NCC1CC(=O)Nc2ccccc21. The van der Waals surface area contributed by atoms with E-state index in [1.54, 1.807) is 7.05 Å². The lowest BCUT2D eigenvalue weighted by Crippen LogP contribution is -2.40. The van der Waals surface area contributed by atoms with E-state index in [2.05, 4.69) is 45.2 Å². The minimum Gasteiger partial charge on any atom is -0.356 e. The molecule has 0 fully saturated rings. The van der Waals surface area contributed by atoms with E-state index in [9.17, 15) is 4.79 Å². The third-order valence-corrected chi connectivity index (χ3v) is 5.47. The van der Waals surface area contributed by atoms with Gasteiger partial charge in [0.25, 0.3) is 0 Å². The smallest absolute Gasteiger partial charge is 0.225 e. The number of hydrogen-bond donors (Lipinski definition) is 3. The predicted molar refractivity (Wildman–Crippen MR) is 109 cm³/mol. The number of para-hydroxylation sites is 1. The molecule has 5 heteroatoms. The van der Waals surface area contributed by atoms with Crippen LogP contribution >= 0.6 is 0 Å². The third-order valence-electron chi connectivity index (χ3n) is 5.47. The molecule has 1 amide bonds. The minimum absolute atomic E-state index is 0.0709. The monoisotopic (exact) mass is 362 g/mol. The van der Waals surface area contributed by atoms with Crippen molar-refractivity contribution in [1.29, 1.82) is 0 Å². The average molecular weight is 362 g/mol. The summed E-state index contributed by atoms with van der Waals surface area (Å²) in [4.78, 5) is 16.3. The largest absolute Gasteiger partial charge is 0.356 e. The van der Waals surface area contributed by atoms with Crippen molar-refractivity contribution in [1.82, 2.24) is 10.6 Å². The number of anilines is 1. The lowest BCUT2D eigenvalue weighted by molar-refractivity contribution is -0.116. The highest BCUT2D eigenvalue weighted by molar-refractivity contribution is 5.94. The minimum atomic E-state index is 0.0709. The summed E-state index contributed by atoms with van der Waals surface area (Å²) in [6.07, 6.45) is 4.17. The first kappa shape index (κ1) is 17.6. The Morgan fingerprint density at radius 2 is 2.00 bits per heavy atom. The van der Waals surface area contributed by atoms with Gasteiger partial charge in [-0.05, 0) is 47.6 Å². The molecule has 5 nitrogen and oxygen atoms in total. The molecule has 2 aromatic rings. The fraction of sp³-hybridized carbons (Fsp3) is 0.364. The Kier molecular flexibility index (Phi) is 5.10. The summed E-state index contributed by atoms with van der Waals surface area (Å²) >= 11 is 0. The van der Waals surface area contributed by atoms with Crippen LogP contribution in [0.5, 0.6) is 0 Å². The highest BCUT2D eigenvalue weighted by atomic mass is 16.1. The van der Waals surface area contributed by atoms with Crippen molar-refractivity contribution in [3.05, 3.63) is 64.7 Å². The Labute approximate surface area is 160 Å². The van der Waals surface area contributed by atoms with Crippen LogP contribution in [0.2, 0.25) is 0 Å². The predicted octanol–water partition coefficient (Wildman–Crippen LogP) is 2.97. The van der Waals surface area contributed by atoms with Crippen LogP contribution in [-0.4, -0.2) is 25.5 Å². The molecule has 4 rings (SSSR count). The number of carbonyl (C=O) groups excluding carboxylic acids is 1. The van der Waals surface area contributed by atoms with E-state index in [-0.39, 0.29) is 11.8 Å². The first-order valence-electron chi connectivity index (χ1n) is 9.67. The van der Waals surface area contributed by atoms with E-state index in [0.717, 1.165) is 18.2 Å². The van der Waals surface area contributed by atoms with Crippen molar-refractivity contribution < 1.29 is 4.79 Å². The zero-order valence-electron chi connectivity index (χ0n) is 15.7. The van der Waals surface area contributed by atoms with E-state index in [0.29, 0.717) is 13.0 Å². The summed E-state index contributed by atoms with van der Waals surface area (Å²) in [5, 5.41) is 9.72. The molecule has 0 spiro atoms. The maximum absolute atomic E-state index is 12.0. The van der Waals surface area contributed by atoms with Gasteiger partial charge in [0.1, 0.15) is 0 Å². The van der Waals surface area contributed by atoms with Crippen LogP contribution in [0.3, 0.4) is 0 Å². The summed E-state index contributed by atoms with van der Waals surface area (Å²) in [6, 6.07) is 14.8. The van der Waals surface area contributed by atoms with Crippen molar-refractivity contribution in [2.45, 2.75) is 38.1 Å². The lowest BCUT2D eigenvalue weighted by atomic mass is 9.90. The Morgan fingerprint density at radius 1 is 1.15 bits per heavy atom. The second-order valence-corrected chi connectivity index (χ2v) is 7.30. The number of nitrogens with one attached hydrogen (secondary N) is 3. The summed E-state index contributed by atoms with van der Waals surface area (Å²) in [7, 11) is 1.78. The highest BCUT2D eigenvalue weighted by Gasteiger charge is 2.24. The molecule has 1 aliphatic carbocycles. The van der Waals surface area contributed by atoms with E-state index in [1.807, 2.05) is 18.2 Å². The first-order valence-corrected chi connectivity index (χ1v) is 9.67. The van der Waals surface area contributed by atoms with Crippen LogP contribution in [0.4, 0.5) is 5.69 Å². The van der Waals surface area contributed by atoms with Gasteiger partial charge in [0.05, 0.1) is 0 Å². The summed E-state index contributed by atoms with van der Waals surface area (Å²) in [6.45, 7) is 1.42. The maximum atomic E-state index is 12.0. The number of aliphatic imine (C=N–C) groups is 1. The number of guanidine groups is 1. The van der Waals surface area contributed by atoms with Gasteiger partial charge in [0, 0.05) is 38.2 Å². The molecular weight excluding hydrogens is 336 g/mol. The van der Waals surface area contributed by atoms with Crippen molar-refractivity contribution >= 4 is 17.6 Å². The molecule has 0 saturated carbocycles. The van der Waals surface area contributed by atoms with E-state index >= 15 is 0 Å². The van der Waals surface area contributed by atoms with Gasteiger partial charge in [-0.15, -0.1) is 0 Å². The number of amides is 1. The van der Waals surface area contributed by atoms with Gasteiger partial charge in [0.15, 0.2) is 5.96 Å². The molecule has 2 aliphatic rings. The Balaban J connectivity index is 1.35. The standard InChI is InChI=1S/C22H26N4O/c1-23-22(24-13-15-9-10-16-5-4-6-17(16)11-15)25-14-18-12-21(27)26-20-8-3-2-7-19(18)20/h2-3,7-11,18H,4-6,12-14H2,1H3,(H,26,27)(H2,23,24,25). The number of nitrogens with zero attached hydrogens (tertiary/aromatic N) is 1. The van der Waals surface area contributed by atoms with Crippen molar-refractivity contribution in [2.75, 3.05) is 18.9 Å². The Bertz CT molecular complexity index is 874. The van der Waals surface area contributed by atoms with Gasteiger partial charge in [-0.1, -0.05) is 36.4 Å². The van der Waals surface area contributed by atoms with Crippen LogP contribution in [-0.2, 0) is 24.2 Å². The molecule has 0 saturated heterocycles. The fourth-order valence-electron chi connectivity index (χ4n) is 4.05. The summed E-state index contributed by atoms with van der Waals surface area (Å²) in [5.74, 6) is 0.981. The summed E-state index contributed by atoms with van der Waals surface area (Å²) < 4.78 is 0. The molecule has 3 N–H and O–H groups in total. The molecule has 1 aliphatic heterocycles. The number of fused-ring (bicyclic) bond motifs is 2. The van der Waals surface area contributed by atoms with Gasteiger partial charge in [-0.3, -0.25) is 9.79 Å². The van der Waals surface area contributed by atoms with Gasteiger partial charge in [-0.25, -0.2) is 0 Å². The molecule has 0 aromatic heterocycles. The number of aryl methyl sites for hydroxylation is 2. The number of rotatable bonds is 4. The molecular formula is C22H26N4O. The topological polar surface area (TPSA) is 65.5 Å². The summed E-state index contributed by atoms with van der Waals surface area (Å²) in [5.41, 5.74) is 6.36. The zero-order valence-corrected chi connectivity index (χ0v) is 15.7. The molecule has 1 atom stereocenters. The number of hydrogen-bond acceptors (Lipinski definition) is 2. The number of benzene rings is 2. The average Bonchev–Trinajstić information content (AvgIpc) is 3.15. The molecule has 1 unspecified atom stereocenters. The molecule has 1 heterocycles. The normalized spacial score (nSPS) is 18.5. The zero-order chi connectivity index (χ0) is 18.6.